The highest BCUT2D eigenvalue weighted by atomic mass is 16.3. The summed E-state index contributed by atoms with van der Waals surface area (Å²) in [5, 5.41) is 20.3. The van der Waals surface area contributed by atoms with Gasteiger partial charge in [-0.25, -0.2) is 0 Å². The summed E-state index contributed by atoms with van der Waals surface area (Å²) in [4.78, 5) is 0. The number of rotatable bonds is 1. The molecule has 0 spiro atoms. The van der Waals surface area contributed by atoms with Crippen molar-refractivity contribution in [2.75, 3.05) is 0 Å². The Balaban J connectivity index is 2.00. The second-order valence-electron chi connectivity index (χ2n) is 9.48. The Morgan fingerprint density at radius 3 is 2.35 bits per heavy atom. The van der Waals surface area contributed by atoms with Gasteiger partial charge in [0.25, 0.3) is 0 Å². The van der Waals surface area contributed by atoms with Crippen molar-refractivity contribution in [2.45, 2.75) is 78.6 Å². The third kappa shape index (κ3) is 2.64. The van der Waals surface area contributed by atoms with E-state index in [1.807, 2.05) is 6.92 Å². The topological polar surface area (TPSA) is 40.5 Å². The molecule has 0 aromatic heterocycles. The molecule has 23 heavy (non-hydrogen) atoms. The predicted molar refractivity (Wildman–Crippen MR) is 94.9 cm³/mol. The maximum atomic E-state index is 10.5. The van der Waals surface area contributed by atoms with Gasteiger partial charge in [0.1, 0.15) is 11.5 Å². The van der Waals surface area contributed by atoms with E-state index in [9.17, 15) is 10.2 Å². The molecule has 0 amide bonds. The normalized spacial score (nSPS) is 36.5. The van der Waals surface area contributed by atoms with Gasteiger partial charge >= 0.3 is 0 Å². The molecule has 2 saturated carbocycles. The zero-order valence-corrected chi connectivity index (χ0v) is 15.4. The van der Waals surface area contributed by atoms with Gasteiger partial charge in [0.05, 0.1) is 0 Å². The molecule has 2 aliphatic rings. The minimum absolute atomic E-state index is 0.000532. The number of benzene rings is 1. The van der Waals surface area contributed by atoms with Gasteiger partial charge in [-0.15, -0.1) is 0 Å². The van der Waals surface area contributed by atoms with E-state index < -0.39 is 0 Å². The lowest BCUT2D eigenvalue weighted by molar-refractivity contribution is -0.0558. The first-order valence-electron chi connectivity index (χ1n) is 9.11. The third-order valence-electron chi connectivity index (χ3n) is 7.04. The van der Waals surface area contributed by atoms with Crippen LogP contribution in [-0.2, 0) is 5.41 Å². The fourth-order valence-corrected chi connectivity index (χ4v) is 6.38. The predicted octanol–water partition coefficient (Wildman–Crippen LogP) is 5.68. The highest BCUT2D eigenvalue weighted by molar-refractivity contribution is 5.49. The van der Waals surface area contributed by atoms with E-state index in [1.54, 1.807) is 6.07 Å². The molecule has 0 aliphatic heterocycles. The van der Waals surface area contributed by atoms with Gasteiger partial charge < -0.3 is 10.2 Å². The van der Waals surface area contributed by atoms with Crippen LogP contribution in [0.4, 0.5) is 0 Å². The maximum absolute atomic E-state index is 10.5. The Bertz CT molecular complexity index is 595. The molecule has 3 rings (SSSR count). The van der Waals surface area contributed by atoms with Crippen LogP contribution in [0.5, 0.6) is 11.5 Å². The van der Waals surface area contributed by atoms with Crippen LogP contribution in [0.2, 0.25) is 0 Å². The van der Waals surface area contributed by atoms with E-state index in [2.05, 4.69) is 27.7 Å². The van der Waals surface area contributed by atoms with Crippen molar-refractivity contribution < 1.29 is 10.2 Å². The summed E-state index contributed by atoms with van der Waals surface area (Å²) in [6.45, 7) is 11.7. The molecule has 0 saturated heterocycles. The van der Waals surface area contributed by atoms with Gasteiger partial charge in [0.2, 0.25) is 0 Å². The quantitative estimate of drug-likeness (QED) is 0.699. The molecule has 2 nitrogen and oxygen atoms in total. The number of hydrogen-bond acceptors (Lipinski definition) is 2. The first-order chi connectivity index (χ1) is 10.6. The Kier molecular flexibility index (Phi) is 3.74. The number of phenols is 2. The first-order valence-corrected chi connectivity index (χ1v) is 9.11. The number of phenolic OH excluding ortho intramolecular Hbond substituents is 2. The van der Waals surface area contributed by atoms with Gasteiger partial charge in [-0.2, -0.15) is 0 Å². The van der Waals surface area contributed by atoms with Crippen molar-refractivity contribution >= 4 is 0 Å². The average molecular weight is 316 g/mol. The van der Waals surface area contributed by atoms with Crippen LogP contribution in [0.25, 0.3) is 0 Å². The van der Waals surface area contributed by atoms with Gasteiger partial charge in [0, 0.05) is 11.6 Å². The number of aromatic hydroxyl groups is 2. The molecule has 2 heteroatoms. The number of hydrogen-bond donors (Lipinski definition) is 2. The molecule has 1 aromatic carbocycles. The van der Waals surface area contributed by atoms with Crippen molar-refractivity contribution in [3.8, 4) is 11.5 Å². The summed E-state index contributed by atoms with van der Waals surface area (Å²) >= 11 is 0. The van der Waals surface area contributed by atoms with Crippen LogP contribution in [0.1, 0.15) is 77.3 Å². The average Bonchev–Trinajstić information content (AvgIpc) is 2.34. The van der Waals surface area contributed by atoms with Crippen molar-refractivity contribution in [3.05, 3.63) is 23.3 Å². The number of fused-ring (bicyclic) bond motifs is 1. The standard InChI is InChI=1S/C21H32O2/c1-14-11-15(22)12-16(23)18(14)21(5)10-7-17-19(2,3)8-6-9-20(17,4)13-21/h11-12,17,22-23H,6-10,13H2,1-5H3/t17?,20-,21-/m0/s1. The lowest BCUT2D eigenvalue weighted by Gasteiger charge is -2.58. The molecule has 2 aliphatic carbocycles. The molecule has 2 N–H and O–H groups in total. The van der Waals surface area contributed by atoms with Crippen LogP contribution < -0.4 is 0 Å². The van der Waals surface area contributed by atoms with E-state index in [4.69, 9.17) is 0 Å². The van der Waals surface area contributed by atoms with Crippen molar-refractivity contribution in [3.63, 3.8) is 0 Å². The molecule has 1 aromatic rings. The molecular weight excluding hydrogens is 284 g/mol. The van der Waals surface area contributed by atoms with E-state index in [0.717, 1.165) is 29.9 Å². The molecule has 0 radical (unpaired) electrons. The summed E-state index contributed by atoms with van der Waals surface area (Å²) in [5.74, 6) is 1.20. The Morgan fingerprint density at radius 2 is 1.70 bits per heavy atom. The van der Waals surface area contributed by atoms with Crippen LogP contribution in [0, 0.1) is 23.7 Å². The molecule has 0 heterocycles. The van der Waals surface area contributed by atoms with Gasteiger partial charge in [-0.1, -0.05) is 34.1 Å². The summed E-state index contributed by atoms with van der Waals surface area (Å²) in [6.07, 6.45) is 7.45. The Hall–Kier alpha value is -1.18. The smallest absolute Gasteiger partial charge is 0.123 e. The summed E-state index contributed by atoms with van der Waals surface area (Å²) in [7, 11) is 0. The third-order valence-corrected chi connectivity index (χ3v) is 7.04. The zero-order valence-electron chi connectivity index (χ0n) is 15.4. The minimum Gasteiger partial charge on any atom is -0.508 e. The van der Waals surface area contributed by atoms with E-state index in [-0.39, 0.29) is 16.9 Å². The van der Waals surface area contributed by atoms with E-state index in [1.165, 1.54) is 31.7 Å². The summed E-state index contributed by atoms with van der Waals surface area (Å²) in [5.41, 5.74) is 2.85. The molecular formula is C21H32O2. The van der Waals surface area contributed by atoms with E-state index in [0.29, 0.717) is 10.8 Å². The maximum Gasteiger partial charge on any atom is 0.123 e. The van der Waals surface area contributed by atoms with Crippen LogP contribution in [0.3, 0.4) is 0 Å². The Labute approximate surface area is 140 Å². The van der Waals surface area contributed by atoms with Gasteiger partial charge in [0.15, 0.2) is 0 Å². The molecule has 128 valence electrons. The van der Waals surface area contributed by atoms with Crippen LogP contribution >= 0.6 is 0 Å². The minimum atomic E-state index is 0.000532. The molecule has 0 bridgehead atoms. The summed E-state index contributed by atoms with van der Waals surface area (Å²) < 4.78 is 0. The second kappa shape index (κ2) is 5.16. The highest BCUT2D eigenvalue weighted by Crippen LogP contribution is 2.62. The first kappa shape index (κ1) is 16.7. The van der Waals surface area contributed by atoms with Gasteiger partial charge in [-0.3, -0.25) is 0 Å². The van der Waals surface area contributed by atoms with Crippen molar-refractivity contribution in [2.24, 2.45) is 16.7 Å². The van der Waals surface area contributed by atoms with Crippen LogP contribution in [-0.4, -0.2) is 10.2 Å². The summed E-state index contributed by atoms with van der Waals surface area (Å²) in [6, 6.07) is 3.30. The fourth-order valence-electron chi connectivity index (χ4n) is 6.38. The second-order valence-corrected chi connectivity index (χ2v) is 9.48. The SMILES string of the molecule is Cc1cc(O)cc(O)c1[C@@]1(C)CCC2C(C)(C)CCC[C@@]2(C)C1. The monoisotopic (exact) mass is 316 g/mol. The lowest BCUT2D eigenvalue weighted by Crippen LogP contribution is -2.49. The Morgan fingerprint density at radius 1 is 1.00 bits per heavy atom. The highest BCUT2D eigenvalue weighted by Gasteiger charge is 2.53. The zero-order chi connectivity index (χ0) is 17.0. The van der Waals surface area contributed by atoms with Crippen molar-refractivity contribution in [1.29, 1.82) is 0 Å². The lowest BCUT2D eigenvalue weighted by atomic mass is 9.47. The van der Waals surface area contributed by atoms with Crippen molar-refractivity contribution in [1.82, 2.24) is 0 Å². The van der Waals surface area contributed by atoms with E-state index >= 15 is 0 Å². The molecule has 1 unspecified atom stereocenters. The molecule has 2 fully saturated rings. The molecule has 3 atom stereocenters. The largest absolute Gasteiger partial charge is 0.508 e. The fraction of sp³-hybridized carbons (Fsp3) is 0.714. The number of aryl methyl sites for hydroxylation is 1. The van der Waals surface area contributed by atoms with Crippen LogP contribution in [0.15, 0.2) is 12.1 Å². The van der Waals surface area contributed by atoms with Gasteiger partial charge in [-0.05, 0) is 72.8 Å².